The van der Waals surface area contributed by atoms with Crippen molar-refractivity contribution in [3.8, 4) is 11.3 Å². The molecule has 0 unspecified atom stereocenters. The highest BCUT2D eigenvalue weighted by molar-refractivity contribution is 7.15. The molecule has 1 saturated heterocycles. The number of nitrogens with zero attached hydrogens (tertiary/aromatic N) is 4. The average Bonchev–Trinajstić information content (AvgIpc) is 3.37. The number of hydrogen-bond acceptors (Lipinski definition) is 4. The molecule has 1 fully saturated rings. The number of imidazole rings is 1. The molecule has 2 aromatic carbocycles. The zero-order chi connectivity index (χ0) is 21.4. The lowest BCUT2D eigenvalue weighted by atomic mass is 10.2. The summed E-state index contributed by atoms with van der Waals surface area (Å²) in [6, 6.07) is 14.1. The number of anilines is 1. The lowest BCUT2D eigenvalue weighted by molar-refractivity contribution is -0.130. The SMILES string of the molecule is O=C(Cc1csc2nc(-c3ccc(F)cc3)cn12)N1CCN(c2ccccc2Cl)CC1. The number of benzene rings is 2. The van der Waals surface area contributed by atoms with Gasteiger partial charge in [0.05, 0.1) is 22.8 Å². The molecule has 2 aromatic heterocycles. The molecule has 158 valence electrons. The smallest absolute Gasteiger partial charge is 0.228 e. The number of halogens is 2. The van der Waals surface area contributed by atoms with Gasteiger partial charge >= 0.3 is 0 Å². The van der Waals surface area contributed by atoms with E-state index in [1.807, 2.05) is 45.1 Å². The molecule has 1 aliphatic rings. The largest absolute Gasteiger partial charge is 0.367 e. The van der Waals surface area contributed by atoms with E-state index in [9.17, 15) is 9.18 Å². The van der Waals surface area contributed by atoms with E-state index < -0.39 is 0 Å². The Morgan fingerprint density at radius 2 is 1.81 bits per heavy atom. The molecule has 0 saturated carbocycles. The van der Waals surface area contributed by atoms with Crippen molar-refractivity contribution in [3.63, 3.8) is 0 Å². The van der Waals surface area contributed by atoms with Crippen molar-refractivity contribution in [1.82, 2.24) is 14.3 Å². The second-order valence-electron chi connectivity index (χ2n) is 7.51. The van der Waals surface area contributed by atoms with E-state index in [0.717, 1.165) is 45.7 Å². The third-order valence-electron chi connectivity index (χ3n) is 5.58. The molecular weight excluding hydrogens is 435 g/mol. The van der Waals surface area contributed by atoms with Gasteiger partial charge in [-0.25, -0.2) is 9.37 Å². The van der Waals surface area contributed by atoms with Crippen LogP contribution in [0.4, 0.5) is 10.1 Å². The number of hydrogen-bond donors (Lipinski definition) is 0. The fraction of sp³-hybridized carbons (Fsp3) is 0.217. The van der Waals surface area contributed by atoms with E-state index in [0.29, 0.717) is 19.5 Å². The molecule has 1 aliphatic heterocycles. The Morgan fingerprint density at radius 3 is 2.55 bits per heavy atom. The third kappa shape index (κ3) is 4.03. The fourth-order valence-electron chi connectivity index (χ4n) is 3.89. The Hall–Kier alpha value is -2.90. The summed E-state index contributed by atoms with van der Waals surface area (Å²) in [6.45, 7) is 2.85. The third-order valence-corrected chi connectivity index (χ3v) is 6.79. The van der Waals surface area contributed by atoms with Crippen molar-refractivity contribution in [2.24, 2.45) is 0 Å². The van der Waals surface area contributed by atoms with Crippen molar-refractivity contribution in [2.75, 3.05) is 31.1 Å². The zero-order valence-electron chi connectivity index (χ0n) is 16.7. The summed E-state index contributed by atoms with van der Waals surface area (Å²) in [5.41, 5.74) is 3.56. The van der Waals surface area contributed by atoms with Crippen LogP contribution in [0.1, 0.15) is 5.69 Å². The van der Waals surface area contributed by atoms with E-state index in [4.69, 9.17) is 11.6 Å². The number of aromatic nitrogens is 2. The maximum atomic E-state index is 13.2. The highest BCUT2D eigenvalue weighted by atomic mass is 35.5. The number of amides is 1. The second-order valence-corrected chi connectivity index (χ2v) is 8.75. The zero-order valence-corrected chi connectivity index (χ0v) is 18.2. The number of piperazine rings is 1. The maximum absolute atomic E-state index is 13.2. The standard InChI is InChI=1S/C23H20ClFN4OS/c24-19-3-1-2-4-21(19)27-9-11-28(12-10-27)22(30)13-18-15-31-23-26-20(14-29(18)23)16-5-7-17(25)8-6-16/h1-8,14-15H,9-13H2. The molecule has 5 rings (SSSR count). The summed E-state index contributed by atoms with van der Waals surface area (Å²) < 4.78 is 15.2. The van der Waals surface area contributed by atoms with Crippen LogP contribution < -0.4 is 4.90 Å². The maximum Gasteiger partial charge on any atom is 0.228 e. The van der Waals surface area contributed by atoms with Crippen molar-refractivity contribution in [2.45, 2.75) is 6.42 Å². The molecular formula is C23H20ClFN4OS. The van der Waals surface area contributed by atoms with Crippen LogP contribution in [-0.2, 0) is 11.2 Å². The van der Waals surface area contributed by atoms with E-state index >= 15 is 0 Å². The van der Waals surface area contributed by atoms with E-state index in [2.05, 4.69) is 9.88 Å². The Bertz CT molecular complexity index is 1230. The second kappa shape index (κ2) is 8.32. The number of fused-ring (bicyclic) bond motifs is 1. The van der Waals surface area contributed by atoms with Gasteiger partial charge in [0.1, 0.15) is 5.82 Å². The number of carbonyl (C=O) groups is 1. The highest BCUT2D eigenvalue weighted by Crippen LogP contribution is 2.27. The summed E-state index contributed by atoms with van der Waals surface area (Å²) in [5, 5.41) is 2.72. The van der Waals surface area contributed by atoms with Gasteiger partial charge in [-0.15, -0.1) is 11.3 Å². The van der Waals surface area contributed by atoms with Gasteiger partial charge in [-0.05, 0) is 36.4 Å². The summed E-state index contributed by atoms with van der Waals surface area (Å²) in [7, 11) is 0. The van der Waals surface area contributed by atoms with Gasteiger partial charge in [0.15, 0.2) is 4.96 Å². The molecule has 1 amide bonds. The van der Waals surface area contributed by atoms with E-state index in [1.165, 1.54) is 23.5 Å². The molecule has 0 bridgehead atoms. The van der Waals surface area contributed by atoms with Gasteiger partial charge in [0.2, 0.25) is 5.91 Å². The minimum absolute atomic E-state index is 0.107. The molecule has 8 heteroatoms. The predicted octanol–water partition coefficient (Wildman–Crippen LogP) is 4.75. The van der Waals surface area contributed by atoms with E-state index in [-0.39, 0.29) is 11.7 Å². The van der Waals surface area contributed by atoms with Gasteiger partial charge < -0.3 is 9.80 Å². The number of rotatable bonds is 4. The summed E-state index contributed by atoms with van der Waals surface area (Å²) >= 11 is 7.82. The van der Waals surface area contributed by atoms with Gasteiger partial charge in [-0.2, -0.15) is 0 Å². The predicted molar refractivity (Wildman–Crippen MR) is 122 cm³/mol. The normalized spacial score (nSPS) is 14.4. The van der Waals surface area contributed by atoms with Crippen molar-refractivity contribution < 1.29 is 9.18 Å². The van der Waals surface area contributed by atoms with Crippen molar-refractivity contribution in [1.29, 1.82) is 0 Å². The molecule has 5 nitrogen and oxygen atoms in total. The van der Waals surface area contributed by atoms with Crippen LogP contribution in [0.3, 0.4) is 0 Å². The molecule has 0 radical (unpaired) electrons. The Labute approximate surface area is 188 Å². The number of thiazole rings is 1. The Balaban J connectivity index is 1.26. The van der Waals surface area contributed by atoms with Gasteiger partial charge in [0, 0.05) is 49.0 Å². The number of para-hydroxylation sites is 1. The molecule has 0 atom stereocenters. The van der Waals surface area contributed by atoms with Gasteiger partial charge in [-0.3, -0.25) is 9.20 Å². The van der Waals surface area contributed by atoms with Crippen LogP contribution >= 0.6 is 22.9 Å². The molecule has 0 N–H and O–H groups in total. The van der Waals surface area contributed by atoms with Crippen LogP contribution in [0.25, 0.3) is 16.2 Å². The minimum Gasteiger partial charge on any atom is -0.367 e. The topological polar surface area (TPSA) is 40.9 Å². The summed E-state index contributed by atoms with van der Waals surface area (Å²) in [5.74, 6) is -0.166. The number of carbonyl (C=O) groups excluding carboxylic acids is 1. The van der Waals surface area contributed by atoms with Crippen LogP contribution in [0.2, 0.25) is 5.02 Å². The highest BCUT2D eigenvalue weighted by Gasteiger charge is 2.23. The molecule has 0 aliphatic carbocycles. The molecule has 0 spiro atoms. The van der Waals surface area contributed by atoms with Crippen LogP contribution in [0.15, 0.2) is 60.1 Å². The van der Waals surface area contributed by atoms with Gasteiger partial charge in [0.25, 0.3) is 0 Å². The van der Waals surface area contributed by atoms with Crippen LogP contribution in [0.5, 0.6) is 0 Å². The minimum atomic E-state index is -0.273. The first kappa shape index (κ1) is 20.0. The van der Waals surface area contributed by atoms with E-state index in [1.54, 1.807) is 12.1 Å². The lowest BCUT2D eigenvalue weighted by Gasteiger charge is -2.36. The van der Waals surface area contributed by atoms with Crippen molar-refractivity contribution in [3.05, 3.63) is 76.6 Å². The monoisotopic (exact) mass is 454 g/mol. The van der Waals surface area contributed by atoms with Crippen LogP contribution in [-0.4, -0.2) is 46.4 Å². The van der Waals surface area contributed by atoms with Crippen LogP contribution in [0, 0.1) is 5.82 Å². The lowest BCUT2D eigenvalue weighted by Crippen LogP contribution is -2.49. The fourth-order valence-corrected chi connectivity index (χ4v) is 5.02. The van der Waals surface area contributed by atoms with Crippen molar-refractivity contribution >= 4 is 39.5 Å². The molecule has 4 aromatic rings. The Kier molecular flexibility index (Phi) is 5.38. The first-order chi connectivity index (χ1) is 15.1. The summed E-state index contributed by atoms with van der Waals surface area (Å²) in [4.78, 5) is 22.5. The summed E-state index contributed by atoms with van der Waals surface area (Å²) in [6.07, 6.45) is 2.24. The first-order valence-corrected chi connectivity index (χ1v) is 11.3. The first-order valence-electron chi connectivity index (χ1n) is 10.1. The molecule has 31 heavy (non-hydrogen) atoms. The quantitative estimate of drug-likeness (QED) is 0.447. The Morgan fingerprint density at radius 1 is 1.06 bits per heavy atom. The average molecular weight is 455 g/mol. The van der Waals surface area contributed by atoms with Gasteiger partial charge in [-0.1, -0.05) is 23.7 Å². The molecule has 3 heterocycles.